The molecular weight excluding hydrogens is 315 g/mol. The molecule has 1 aromatic heterocycles. The van der Waals surface area contributed by atoms with Gasteiger partial charge in [0.15, 0.2) is 0 Å². The van der Waals surface area contributed by atoms with Crippen LogP contribution >= 0.6 is 23.2 Å². The van der Waals surface area contributed by atoms with Gasteiger partial charge in [-0.2, -0.15) is 0 Å². The lowest BCUT2D eigenvalue weighted by Crippen LogP contribution is -2.27. The van der Waals surface area contributed by atoms with Crippen molar-refractivity contribution in [2.24, 2.45) is 0 Å². The molecule has 2 nitrogen and oxygen atoms in total. The third kappa shape index (κ3) is 2.23. The van der Waals surface area contributed by atoms with E-state index in [1.54, 1.807) is 0 Å². The van der Waals surface area contributed by atoms with Crippen LogP contribution in [0.4, 0.5) is 0 Å². The van der Waals surface area contributed by atoms with Crippen molar-refractivity contribution in [2.45, 2.75) is 13.0 Å². The quantitative estimate of drug-likeness (QED) is 0.614. The van der Waals surface area contributed by atoms with Crippen LogP contribution in [-0.2, 0) is 13.0 Å². The number of benzene rings is 2. The highest BCUT2D eigenvalue weighted by Gasteiger charge is 2.23. The Bertz CT molecular complexity index is 850. The van der Waals surface area contributed by atoms with E-state index in [9.17, 15) is 0 Å². The van der Waals surface area contributed by atoms with Crippen molar-refractivity contribution < 1.29 is 0 Å². The van der Waals surface area contributed by atoms with Crippen LogP contribution in [-0.4, -0.2) is 23.1 Å². The molecule has 112 valence electrons. The minimum atomic E-state index is 0.761. The minimum absolute atomic E-state index is 0.761. The maximum Gasteiger partial charge on any atom is 0.0535 e. The van der Waals surface area contributed by atoms with E-state index >= 15 is 0 Å². The Kier molecular flexibility index (Phi) is 3.41. The zero-order chi connectivity index (χ0) is 15.3. The maximum absolute atomic E-state index is 6.23. The van der Waals surface area contributed by atoms with E-state index in [-0.39, 0.29) is 0 Å². The summed E-state index contributed by atoms with van der Waals surface area (Å²) in [5.41, 5.74) is 5.15. The third-order valence-electron chi connectivity index (χ3n) is 4.39. The van der Waals surface area contributed by atoms with Gasteiger partial charge in [0, 0.05) is 46.3 Å². The average molecular weight is 331 g/mol. The number of nitrogens with zero attached hydrogens (tertiary/aromatic N) is 2. The van der Waals surface area contributed by atoms with Crippen LogP contribution in [0.2, 0.25) is 10.0 Å². The van der Waals surface area contributed by atoms with Gasteiger partial charge in [-0.3, -0.25) is 0 Å². The van der Waals surface area contributed by atoms with E-state index < -0.39 is 0 Å². The Morgan fingerprint density at radius 3 is 2.45 bits per heavy atom. The van der Waals surface area contributed by atoms with Gasteiger partial charge in [0.2, 0.25) is 0 Å². The summed E-state index contributed by atoms with van der Waals surface area (Å²) in [5, 5.41) is 2.80. The van der Waals surface area contributed by atoms with E-state index in [0.29, 0.717) is 0 Å². The van der Waals surface area contributed by atoms with Crippen molar-refractivity contribution in [1.29, 1.82) is 0 Å². The van der Waals surface area contributed by atoms with E-state index in [4.69, 9.17) is 23.2 Å². The van der Waals surface area contributed by atoms with Gasteiger partial charge in [-0.1, -0.05) is 23.2 Å². The van der Waals surface area contributed by atoms with E-state index in [2.05, 4.69) is 40.8 Å². The van der Waals surface area contributed by atoms with Crippen LogP contribution < -0.4 is 0 Å². The Balaban J connectivity index is 2.03. The molecule has 2 aromatic carbocycles. The first-order valence-electron chi connectivity index (χ1n) is 7.39. The predicted octanol–water partition coefficient (Wildman–Crippen LogP) is 4.93. The van der Waals surface area contributed by atoms with Crippen LogP contribution in [0.5, 0.6) is 0 Å². The molecule has 1 aliphatic heterocycles. The van der Waals surface area contributed by atoms with Crippen LogP contribution in [0.25, 0.3) is 16.6 Å². The fraction of sp³-hybridized carbons (Fsp3) is 0.222. The van der Waals surface area contributed by atoms with Crippen LogP contribution in [0.15, 0.2) is 42.5 Å². The summed E-state index contributed by atoms with van der Waals surface area (Å²) in [7, 11) is 2.17. The highest BCUT2D eigenvalue weighted by atomic mass is 35.5. The van der Waals surface area contributed by atoms with Crippen molar-refractivity contribution in [2.75, 3.05) is 13.6 Å². The smallest absolute Gasteiger partial charge is 0.0535 e. The standard InChI is InChI=1S/C18H16Cl2N2/c1-21-9-8-18-16(11-21)15-10-13(20)4-7-17(15)22(18)14-5-2-12(19)3-6-14/h2-7,10H,8-9,11H2,1H3. The van der Waals surface area contributed by atoms with Crippen molar-refractivity contribution in [1.82, 2.24) is 9.47 Å². The molecule has 1 aliphatic rings. The van der Waals surface area contributed by atoms with Gasteiger partial charge in [0.1, 0.15) is 0 Å². The second-order valence-corrected chi connectivity index (χ2v) is 6.76. The number of likely N-dealkylation sites (N-methyl/N-ethyl adjacent to an activating group) is 1. The summed E-state index contributed by atoms with van der Waals surface area (Å²) < 4.78 is 2.35. The Morgan fingerprint density at radius 1 is 0.955 bits per heavy atom. The predicted molar refractivity (Wildman–Crippen MR) is 93.3 cm³/mol. The number of hydrogen-bond acceptors (Lipinski definition) is 1. The van der Waals surface area contributed by atoms with Crippen molar-refractivity contribution in [3.63, 3.8) is 0 Å². The number of rotatable bonds is 1. The molecule has 0 saturated heterocycles. The highest BCUT2D eigenvalue weighted by molar-refractivity contribution is 6.31. The van der Waals surface area contributed by atoms with Gasteiger partial charge >= 0.3 is 0 Å². The lowest BCUT2D eigenvalue weighted by atomic mass is 10.1. The molecule has 0 radical (unpaired) electrons. The number of aromatic nitrogens is 1. The summed E-state index contributed by atoms with van der Waals surface area (Å²) >= 11 is 12.3. The molecule has 2 heterocycles. The molecule has 22 heavy (non-hydrogen) atoms. The first kappa shape index (κ1) is 14.1. The summed E-state index contributed by atoms with van der Waals surface area (Å²) in [6, 6.07) is 14.2. The largest absolute Gasteiger partial charge is 0.313 e. The SMILES string of the molecule is CN1CCc2c(c3cc(Cl)ccc3n2-c2ccc(Cl)cc2)C1. The summed E-state index contributed by atoms with van der Waals surface area (Å²) in [6.45, 7) is 2.04. The number of fused-ring (bicyclic) bond motifs is 3. The molecule has 4 rings (SSSR count). The zero-order valence-electron chi connectivity index (χ0n) is 12.3. The third-order valence-corrected chi connectivity index (χ3v) is 4.87. The maximum atomic E-state index is 6.23. The van der Waals surface area contributed by atoms with Gasteiger partial charge in [-0.15, -0.1) is 0 Å². The Hall–Kier alpha value is -1.48. The summed E-state index contributed by atoms with van der Waals surface area (Å²) in [6.07, 6.45) is 1.04. The van der Waals surface area contributed by atoms with Crippen molar-refractivity contribution in [3.05, 3.63) is 63.8 Å². The monoisotopic (exact) mass is 330 g/mol. The molecule has 0 amide bonds. The lowest BCUT2D eigenvalue weighted by Gasteiger charge is -2.24. The van der Waals surface area contributed by atoms with Crippen LogP contribution in [0.1, 0.15) is 11.3 Å². The topological polar surface area (TPSA) is 8.17 Å². The second kappa shape index (κ2) is 5.31. The summed E-state index contributed by atoms with van der Waals surface area (Å²) in [5.74, 6) is 0. The first-order valence-corrected chi connectivity index (χ1v) is 8.15. The average Bonchev–Trinajstić information content (AvgIpc) is 2.81. The molecule has 4 heteroatoms. The molecule has 0 bridgehead atoms. The second-order valence-electron chi connectivity index (χ2n) is 5.89. The Morgan fingerprint density at radius 2 is 1.68 bits per heavy atom. The van der Waals surface area contributed by atoms with E-state index in [1.807, 2.05) is 18.2 Å². The first-order chi connectivity index (χ1) is 10.6. The molecule has 0 saturated carbocycles. The van der Waals surface area contributed by atoms with Crippen LogP contribution in [0.3, 0.4) is 0 Å². The molecule has 0 N–H and O–H groups in total. The fourth-order valence-electron chi connectivity index (χ4n) is 3.35. The zero-order valence-corrected chi connectivity index (χ0v) is 13.8. The van der Waals surface area contributed by atoms with Gasteiger partial charge in [0.25, 0.3) is 0 Å². The molecule has 0 fully saturated rings. The van der Waals surface area contributed by atoms with Gasteiger partial charge in [-0.25, -0.2) is 0 Å². The van der Waals surface area contributed by atoms with Gasteiger partial charge in [-0.05, 0) is 55.1 Å². The highest BCUT2D eigenvalue weighted by Crippen LogP contribution is 2.34. The lowest BCUT2D eigenvalue weighted by molar-refractivity contribution is 0.311. The molecular formula is C18H16Cl2N2. The summed E-state index contributed by atoms with van der Waals surface area (Å²) in [4.78, 5) is 2.36. The molecule has 0 atom stereocenters. The minimum Gasteiger partial charge on any atom is -0.313 e. The van der Waals surface area contributed by atoms with Crippen molar-refractivity contribution >= 4 is 34.1 Å². The number of halogens is 2. The molecule has 3 aromatic rings. The van der Waals surface area contributed by atoms with Crippen molar-refractivity contribution in [3.8, 4) is 5.69 Å². The van der Waals surface area contributed by atoms with Gasteiger partial charge in [0.05, 0.1) is 5.52 Å². The normalized spacial score (nSPS) is 15.2. The van der Waals surface area contributed by atoms with E-state index in [0.717, 1.165) is 35.2 Å². The fourth-order valence-corrected chi connectivity index (χ4v) is 3.65. The van der Waals surface area contributed by atoms with E-state index in [1.165, 1.54) is 22.2 Å². The molecule has 0 aliphatic carbocycles. The molecule has 0 unspecified atom stereocenters. The Labute approximate surface area is 139 Å². The molecule has 0 spiro atoms. The van der Waals surface area contributed by atoms with Crippen LogP contribution in [0, 0.1) is 0 Å². The number of hydrogen-bond donors (Lipinski definition) is 0. The van der Waals surface area contributed by atoms with Gasteiger partial charge < -0.3 is 9.47 Å².